The van der Waals surface area contributed by atoms with Gasteiger partial charge in [-0.25, -0.2) is 14.8 Å². The van der Waals surface area contributed by atoms with Gasteiger partial charge in [0.05, 0.1) is 6.20 Å². The lowest BCUT2D eigenvalue weighted by Gasteiger charge is -2.50. The van der Waals surface area contributed by atoms with Crippen LogP contribution in [0.2, 0.25) is 0 Å². The number of anilines is 2. The molecule has 2 unspecified atom stereocenters. The van der Waals surface area contributed by atoms with Crippen molar-refractivity contribution in [2.45, 2.75) is 26.3 Å². The Morgan fingerprint density at radius 1 is 1.23 bits per heavy atom. The number of urea groups is 1. The van der Waals surface area contributed by atoms with Gasteiger partial charge in [-0.05, 0) is 43.5 Å². The molecule has 2 atom stereocenters. The number of carbonyl (C=O) groups excluding carboxylic acids is 1. The van der Waals surface area contributed by atoms with Gasteiger partial charge in [0, 0.05) is 37.4 Å². The Hall–Kier alpha value is -3.20. The number of rotatable bonds is 6. The maximum Gasteiger partial charge on any atom is 0.319 e. The molecule has 0 radical (unpaired) electrons. The quantitative estimate of drug-likeness (QED) is 0.643. The number of amides is 2. The minimum atomic E-state index is -0.243. The van der Waals surface area contributed by atoms with Crippen LogP contribution in [0.1, 0.15) is 20.3 Å². The largest absolute Gasteiger partial charge is 0.853 e. The summed E-state index contributed by atoms with van der Waals surface area (Å²) < 4.78 is 1.76. The van der Waals surface area contributed by atoms with Gasteiger partial charge in [-0.15, -0.1) is 6.61 Å². The number of hydrogen-bond donors (Lipinski definition) is 2. The van der Waals surface area contributed by atoms with E-state index in [1.165, 1.54) is 0 Å². The number of aryl methyl sites for hydroxylation is 1. The van der Waals surface area contributed by atoms with Crippen LogP contribution in [0.5, 0.6) is 0 Å². The van der Waals surface area contributed by atoms with E-state index >= 15 is 0 Å². The molecule has 3 heterocycles. The molecule has 1 aliphatic heterocycles. The monoisotopic (exact) mass is 408 g/mol. The van der Waals surface area contributed by atoms with Crippen LogP contribution >= 0.6 is 0 Å². The highest BCUT2D eigenvalue weighted by Crippen LogP contribution is 2.36. The molecule has 1 fully saturated rings. The summed E-state index contributed by atoms with van der Waals surface area (Å²) in [7, 11) is 1.86. The van der Waals surface area contributed by atoms with Crippen LogP contribution in [0.3, 0.4) is 0 Å². The number of aromatic nitrogens is 4. The lowest BCUT2D eigenvalue weighted by Crippen LogP contribution is -2.60. The second-order valence-corrected chi connectivity index (χ2v) is 7.49. The molecule has 158 valence electrons. The Morgan fingerprint density at radius 3 is 2.67 bits per heavy atom. The Balaban J connectivity index is 1.68. The summed E-state index contributed by atoms with van der Waals surface area (Å²) in [5.74, 6) is 1.72. The van der Waals surface area contributed by atoms with Crippen LogP contribution in [-0.4, -0.2) is 51.5 Å². The summed E-state index contributed by atoms with van der Waals surface area (Å²) >= 11 is 0. The molecule has 0 aliphatic carbocycles. The summed E-state index contributed by atoms with van der Waals surface area (Å²) in [6, 6.07) is 7.08. The summed E-state index contributed by atoms with van der Waals surface area (Å²) in [5.41, 5.74) is 3.09. The lowest BCUT2D eigenvalue weighted by atomic mass is 9.87. The first-order valence-electron chi connectivity index (χ1n) is 10.3. The molecule has 1 aromatic carbocycles. The van der Waals surface area contributed by atoms with Gasteiger partial charge in [0.25, 0.3) is 0 Å². The zero-order valence-electron chi connectivity index (χ0n) is 17.4. The van der Waals surface area contributed by atoms with E-state index in [9.17, 15) is 9.90 Å². The van der Waals surface area contributed by atoms with Gasteiger partial charge in [0.1, 0.15) is 11.0 Å². The second kappa shape index (κ2) is 8.27. The fourth-order valence-electron chi connectivity index (χ4n) is 3.92. The fraction of sp³-hybridized carbons (Fsp3) is 0.429. The smallest absolute Gasteiger partial charge is 0.319 e. The molecule has 9 heteroatoms. The van der Waals surface area contributed by atoms with Gasteiger partial charge in [-0.2, -0.15) is 5.10 Å². The molecular formula is C21H26N7O2-. The second-order valence-electron chi connectivity index (χ2n) is 7.49. The highest BCUT2D eigenvalue weighted by Gasteiger charge is 2.37. The van der Waals surface area contributed by atoms with Crippen molar-refractivity contribution < 1.29 is 9.90 Å². The van der Waals surface area contributed by atoms with Gasteiger partial charge in [-0.3, -0.25) is 4.68 Å². The zero-order chi connectivity index (χ0) is 21.3. The molecule has 1 aliphatic rings. The minimum Gasteiger partial charge on any atom is -0.853 e. The van der Waals surface area contributed by atoms with Crippen molar-refractivity contribution in [3.05, 3.63) is 30.5 Å². The fourth-order valence-corrected chi connectivity index (χ4v) is 3.92. The van der Waals surface area contributed by atoms with E-state index in [1.54, 1.807) is 10.9 Å². The van der Waals surface area contributed by atoms with Gasteiger partial charge >= 0.3 is 6.03 Å². The van der Waals surface area contributed by atoms with E-state index < -0.39 is 0 Å². The number of benzene rings is 1. The van der Waals surface area contributed by atoms with E-state index in [0.29, 0.717) is 24.0 Å². The summed E-state index contributed by atoms with van der Waals surface area (Å²) in [5, 5.41) is 21.6. The highest BCUT2D eigenvalue weighted by molar-refractivity contribution is 5.90. The number of fused-ring (bicyclic) bond motifs is 1. The minimum absolute atomic E-state index is 0.0560. The molecule has 0 spiro atoms. The molecule has 0 bridgehead atoms. The zero-order valence-corrected chi connectivity index (χ0v) is 17.4. The van der Waals surface area contributed by atoms with Crippen molar-refractivity contribution in [1.82, 2.24) is 25.1 Å². The molecule has 30 heavy (non-hydrogen) atoms. The molecule has 2 N–H and O–H groups in total. The van der Waals surface area contributed by atoms with Crippen LogP contribution in [-0.2, 0) is 7.05 Å². The van der Waals surface area contributed by atoms with Crippen molar-refractivity contribution in [2.24, 2.45) is 13.0 Å². The van der Waals surface area contributed by atoms with E-state index in [4.69, 9.17) is 4.98 Å². The maximum absolute atomic E-state index is 11.8. The van der Waals surface area contributed by atoms with Crippen molar-refractivity contribution in [3.63, 3.8) is 0 Å². The number of nitrogens with zero attached hydrogens (tertiary/aromatic N) is 5. The third-order valence-corrected chi connectivity index (χ3v) is 5.65. The predicted molar refractivity (Wildman–Crippen MR) is 114 cm³/mol. The molecule has 0 saturated carbocycles. The summed E-state index contributed by atoms with van der Waals surface area (Å²) in [4.78, 5) is 23.3. The van der Waals surface area contributed by atoms with Gasteiger partial charge < -0.3 is 20.6 Å². The van der Waals surface area contributed by atoms with Crippen molar-refractivity contribution in [2.75, 3.05) is 29.9 Å². The summed E-state index contributed by atoms with van der Waals surface area (Å²) in [6.07, 6.45) is 2.70. The van der Waals surface area contributed by atoms with Gasteiger partial charge in [-0.1, -0.05) is 6.92 Å². The van der Waals surface area contributed by atoms with Crippen LogP contribution < -0.4 is 20.6 Å². The van der Waals surface area contributed by atoms with Crippen molar-refractivity contribution >= 4 is 28.6 Å². The number of nitrogens with one attached hydrogen (secondary N) is 2. The Kier molecular flexibility index (Phi) is 5.54. The van der Waals surface area contributed by atoms with Crippen LogP contribution in [0.4, 0.5) is 16.3 Å². The molecule has 9 nitrogen and oxygen atoms in total. The average Bonchev–Trinajstić information content (AvgIpc) is 3.09. The van der Waals surface area contributed by atoms with Crippen LogP contribution in [0.15, 0.2) is 30.5 Å². The molecule has 4 rings (SSSR count). The van der Waals surface area contributed by atoms with Gasteiger partial charge in [0.15, 0.2) is 11.6 Å². The molecule has 1 saturated heterocycles. The van der Waals surface area contributed by atoms with Crippen molar-refractivity contribution in [1.29, 1.82) is 0 Å². The van der Waals surface area contributed by atoms with E-state index in [2.05, 4.69) is 32.5 Å². The first-order chi connectivity index (χ1) is 14.5. The SMILES string of the molecule is CCNC(=O)Nc1ccc(-c2nc(N3CC(CC)C3C[O-])c3c(cnn3C)n2)cc1. The number of carbonyl (C=O) groups is 1. The third-order valence-electron chi connectivity index (χ3n) is 5.65. The molecule has 2 aromatic heterocycles. The van der Waals surface area contributed by atoms with E-state index in [1.807, 2.05) is 38.2 Å². The first-order valence-corrected chi connectivity index (χ1v) is 10.3. The molecular weight excluding hydrogens is 382 g/mol. The normalized spacial score (nSPS) is 18.3. The Labute approximate surface area is 175 Å². The standard InChI is InChI=1S/C21H26N7O2/c1-4-13-11-28(17(13)12-29)20-18-16(10-23-27(18)3)25-19(26-20)14-6-8-15(9-7-14)24-21(30)22-5-2/h6-10,13,17H,4-5,11-12H2,1-3H3,(H2,22,24,30)/q-1. The van der Waals surface area contributed by atoms with Gasteiger partial charge in [0.2, 0.25) is 0 Å². The lowest BCUT2D eigenvalue weighted by molar-refractivity contribution is -0.376. The predicted octanol–water partition coefficient (Wildman–Crippen LogP) is 1.75. The molecule has 2 amide bonds. The average molecular weight is 408 g/mol. The third kappa shape index (κ3) is 3.56. The first kappa shape index (κ1) is 20.1. The highest BCUT2D eigenvalue weighted by atomic mass is 16.3. The van der Waals surface area contributed by atoms with Crippen molar-refractivity contribution in [3.8, 4) is 11.4 Å². The topological polar surface area (TPSA) is 111 Å². The van der Waals surface area contributed by atoms with E-state index in [-0.39, 0.29) is 18.7 Å². The van der Waals surface area contributed by atoms with E-state index in [0.717, 1.165) is 35.4 Å². The number of hydrogen-bond acceptors (Lipinski definition) is 6. The van der Waals surface area contributed by atoms with Crippen LogP contribution in [0, 0.1) is 5.92 Å². The molecule has 3 aromatic rings. The Bertz CT molecular complexity index is 1050. The maximum atomic E-state index is 11.8. The Morgan fingerprint density at radius 2 is 2.00 bits per heavy atom. The van der Waals surface area contributed by atoms with Crippen LogP contribution in [0.25, 0.3) is 22.4 Å². The summed E-state index contributed by atoms with van der Waals surface area (Å²) in [6.45, 7) is 5.20.